The molecule has 0 aliphatic carbocycles. The van der Waals surface area contributed by atoms with Crippen molar-refractivity contribution in [3.63, 3.8) is 0 Å². The highest BCUT2D eigenvalue weighted by molar-refractivity contribution is 8.00. The van der Waals surface area contributed by atoms with Crippen molar-refractivity contribution in [1.82, 2.24) is 4.90 Å². The van der Waals surface area contributed by atoms with E-state index in [0.717, 1.165) is 17.9 Å². The number of carbonyl (C=O) groups excluding carboxylic acids is 1. The molecule has 7 heteroatoms. The van der Waals surface area contributed by atoms with Crippen LogP contribution in [-0.4, -0.2) is 39.3 Å². The van der Waals surface area contributed by atoms with Crippen molar-refractivity contribution in [3.05, 3.63) is 39.7 Å². The summed E-state index contributed by atoms with van der Waals surface area (Å²) in [5.41, 5.74) is -0.462. The molecule has 0 bridgehead atoms. The molecule has 0 N–H and O–H groups in total. The summed E-state index contributed by atoms with van der Waals surface area (Å²) >= 11 is 1.79. The van der Waals surface area contributed by atoms with Crippen molar-refractivity contribution in [1.29, 1.82) is 0 Å². The van der Waals surface area contributed by atoms with Crippen LogP contribution in [0.5, 0.6) is 0 Å². The molecule has 0 saturated carbocycles. The Morgan fingerprint density at radius 1 is 1.50 bits per heavy atom. The highest BCUT2D eigenvalue weighted by atomic mass is 32.2. The summed E-state index contributed by atoms with van der Waals surface area (Å²) in [6, 6.07) is 3.34. The van der Waals surface area contributed by atoms with E-state index in [4.69, 9.17) is 0 Å². The third-order valence-corrected chi connectivity index (χ3v) is 4.87. The first-order valence-electron chi connectivity index (χ1n) is 6.28. The number of nitrogens with zero attached hydrogens (tertiary/aromatic N) is 2. The zero-order valence-electron chi connectivity index (χ0n) is 11.2. The molecule has 1 aromatic carbocycles. The minimum atomic E-state index is -0.979. The largest absolute Gasteiger partial charge is 0.334 e. The van der Waals surface area contributed by atoms with Gasteiger partial charge in [-0.1, -0.05) is 6.92 Å². The Kier molecular flexibility index (Phi) is 4.27. The number of thioether (sulfide) groups is 1. The third kappa shape index (κ3) is 2.77. The smallest absolute Gasteiger partial charge is 0.304 e. The van der Waals surface area contributed by atoms with Gasteiger partial charge in [-0.25, -0.2) is 0 Å². The lowest BCUT2D eigenvalue weighted by atomic mass is 10.1. The van der Waals surface area contributed by atoms with Crippen LogP contribution in [0.3, 0.4) is 0 Å². The van der Waals surface area contributed by atoms with E-state index in [-0.39, 0.29) is 17.5 Å². The molecule has 0 radical (unpaired) electrons. The number of rotatable bonds is 2. The zero-order chi connectivity index (χ0) is 14.9. The number of halogens is 1. The lowest BCUT2D eigenvalue weighted by Gasteiger charge is -2.37. The molecule has 108 valence electrons. The predicted molar refractivity (Wildman–Crippen MR) is 75.5 cm³/mol. The third-order valence-electron chi connectivity index (χ3n) is 3.54. The SMILES string of the molecule is CC1SCCN(C(=O)c2ccc([N+](=O)[O-])c(F)c2)C1C. The lowest BCUT2D eigenvalue weighted by Crippen LogP contribution is -2.47. The van der Waals surface area contributed by atoms with Gasteiger partial charge in [0.15, 0.2) is 0 Å². The Balaban J connectivity index is 2.25. The molecule has 1 aliphatic heterocycles. The molecule has 0 spiro atoms. The number of amides is 1. The first-order chi connectivity index (χ1) is 9.41. The van der Waals surface area contributed by atoms with Crippen LogP contribution in [0.4, 0.5) is 10.1 Å². The molecule has 1 fully saturated rings. The van der Waals surface area contributed by atoms with Gasteiger partial charge in [0.1, 0.15) is 0 Å². The van der Waals surface area contributed by atoms with E-state index in [1.165, 1.54) is 6.07 Å². The normalized spacial score (nSPS) is 22.6. The van der Waals surface area contributed by atoms with Gasteiger partial charge in [-0.2, -0.15) is 16.2 Å². The van der Waals surface area contributed by atoms with Gasteiger partial charge in [-0.3, -0.25) is 14.9 Å². The Morgan fingerprint density at radius 2 is 2.20 bits per heavy atom. The van der Waals surface area contributed by atoms with Crippen molar-refractivity contribution < 1.29 is 14.1 Å². The van der Waals surface area contributed by atoms with Crippen LogP contribution in [0.15, 0.2) is 18.2 Å². The van der Waals surface area contributed by atoms with Gasteiger partial charge < -0.3 is 4.90 Å². The van der Waals surface area contributed by atoms with E-state index in [2.05, 4.69) is 0 Å². The zero-order valence-corrected chi connectivity index (χ0v) is 12.0. The molecule has 20 heavy (non-hydrogen) atoms. The number of hydrogen-bond acceptors (Lipinski definition) is 4. The number of carbonyl (C=O) groups is 1. The van der Waals surface area contributed by atoms with E-state index in [0.29, 0.717) is 11.8 Å². The van der Waals surface area contributed by atoms with Crippen LogP contribution in [0.2, 0.25) is 0 Å². The Morgan fingerprint density at radius 3 is 2.80 bits per heavy atom. The molecule has 5 nitrogen and oxygen atoms in total. The topological polar surface area (TPSA) is 63.5 Å². The number of nitro groups is 1. The quantitative estimate of drug-likeness (QED) is 0.622. The predicted octanol–water partition coefficient (Wildman–Crippen LogP) is 2.70. The van der Waals surface area contributed by atoms with Crippen LogP contribution in [0, 0.1) is 15.9 Å². The highest BCUT2D eigenvalue weighted by Crippen LogP contribution is 2.26. The fourth-order valence-electron chi connectivity index (χ4n) is 2.17. The molecular weight excluding hydrogens is 283 g/mol. The van der Waals surface area contributed by atoms with E-state index in [1.54, 1.807) is 16.7 Å². The summed E-state index contributed by atoms with van der Waals surface area (Å²) in [7, 11) is 0. The molecule has 1 saturated heterocycles. The monoisotopic (exact) mass is 298 g/mol. The van der Waals surface area contributed by atoms with Crippen molar-refractivity contribution in [2.24, 2.45) is 0 Å². The number of hydrogen-bond donors (Lipinski definition) is 0. The van der Waals surface area contributed by atoms with Gasteiger partial charge in [0.05, 0.1) is 4.92 Å². The lowest BCUT2D eigenvalue weighted by molar-refractivity contribution is -0.387. The van der Waals surface area contributed by atoms with Gasteiger partial charge >= 0.3 is 5.69 Å². The van der Waals surface area contributed by atoms with Crippen LogP contribution in [0.25, 0.3) is 0 Å². The van der Waals surface area contributed by atoms with Crippen molar-refractivity contribution >= 4 is 23.4 Å². The Labute approximate surface area is 120 Å². The van der Waals surface area contributed by atoms with Gasteiger partial charge in [-0.15, -0.1) is 0 Å². The highest BCUT2D eigenvalue weighted by Gasteiger charge is 2.30. The molecule has 0 aromatic heterocycles. The maximum Gasteiger partial charge on any atom is 0.304 e. The molecule has 1 aromatic rings. The van der Waals surface area contributed by atoms with Crippen LogP contribution in [-0.2, 0) is 0 Å². The van der Waals surface area contributed by atoms with E-state index >= 15 is 0 Å². The second-order valence-corrected chi connectivity index (χ2v) is 6.22. The molecule has 2 atom stereocenters. The summed E-state index contributed by atoms with van der Waals surface area (Å²) in [5, 5.41) is 10.9. The summed E-state index contributed by atoms with van der Waals surface area (Å²) in [6.07, 6.45) is 0. The maximum atomic E-state index is 13.6. The Hall–Kier alpha value is -1.63. The maximum absolute atomic E-state index is 13.6. The molecular formula is C13H15FN2O3S. The summed E-state index contributed by atoms with van der Waals surface area (Å²) in [4.78, 5) is 23.8. The minimum Gasteiger partial charge on any atom is -0.334 e. The van der Waals surface area contributed by atoms with Gasteiger partial charge in [0.25, 0.3) is 5.91 Å². The van der Waals surface area contributed by atoms with Crippen LogP contribution < -0.4 is 0 Å². The molecule has 1 amide bonds. The standard InChI is InChI=1S/C13H15FN2O3S/c1-8-9(2)20-6-5-15(8)13(17)10-3-4-12(16(18)19)11(14)7-10/h3-4,7-9H,5-6H2,1-2H3. The summed E-state index contributed by atoms with van der Waals surface area (Å²) < 4.78 is 13.6. The van der Waals surface area contributed by atoms with Gasteiger partial charge in [0, 0.05) is 35.2 Å². The molecule has 1 aliphatic rings. The average molecular weight is 298 g/mol. The second-order valence-electron chi connectivity index (χ2n) is 4.74. The van der Waals surface area contributed by atoms with Crippen molar-refractivity contribution in [2.75, 3.05) is 12.3 Å². The van der Waals surface area contributed by atoms with Gasteiger partial charge in [0.2, 0.25) is 5.82 Å². The fourth-order valence-corrected chi connectivity index (χ4v) is 3.27. The second kappa shape index (κ2) is 5.78. The van der Waals surface area contributed by atoms with Crippen molar-refractivity contribution in [3.8, 4) is 0 Å². The first-order valence-corrected chi connectivity index (χ1v) is 7.33. The number of benzene rings is 1. The first kappa shape index (κ1) is 14.8. The van der Waals surface area contributed by atoms with Crippen molar-refractivity contribution in [2.45, 2.75) is 25.1 Å². The summed E-state index contributed by atoms with van der Waals surface area (Å²) in [5.74, 6) is -0.418. The van der Waals surface area contributed by atoms with E-state index in [1.807, 2.05) is 13.8 Å². The summed E-state index contributed by atoms with van der Waals surface area (Å²) in [6.45, 7) is 4.61. The van der Waals surface area contributed by atoms with E-state index in [9.17, 15) is 19.3 Å². The molecule has 1 heterocycles. The van der Waals surface area contributed by atoms with Crippen LogP contribution in [0.1, 0.15) is 24.2 Å². The van der Waals surface area contributed by atoms with Crippen LogP contribution >= 0.6 is 11.8 Å². The average Bonchev–Trinajstić information content (AvgIpc) is 2.40. The molecule has 2 rings (SSSR count). The fraction of sp³-hybridized carbons (Fsp3) is 0.462. The minimum absolute atomic E-state index is 0.0551. The van der Waals surface area contributed by atoms with E-state index < -0.39 is 16.4 Å². The number of nitro benzene ring substituents is 1. The van der Waals surface area contributed by atoms with Gasteiger partial charge in [-0.05, 0) is 19.1 Å². The Bertz CT molecular complexity index is 552. The molecule has 2 unspecified atom stereocenters.